The Morgan fingerprint density at radius 1 is 1.45 bits per heavy atom. The predicted molar refractivity (Wildman–Crippen MR) is 81.7 cm³/mol. The predicted octanol–water partition coefficient (Wildman–Crippen LogP) is 3.96. The molecule has 0 radical (unpaired) electrons. The maximum Gasteiger partial charge on any atom is 0.340 e. The van der Waals surface area contributed by atoms with E-state index in [0.29, 0.717) is 16.5 Å². The lowest BCUT2D eigenvalue weighted by molar-refractivity contribution is 0.0690. The molecule has 0 aliphatic rings. The van der Waals surface area contributed by atoms with Gasteiger partial charge in [0.2, 0.25) is 0 Å². The molecule has 0 spiro atoms. The van der Waals surface area contributed by atoms with Gasteiger partial charge in [0.25, 0.3) is 0 Å². The third-order valence-corrected chi connectivity index (χ3v) is 4.82. The first kappa shape index (κ1) is 15.0. The Bertz CT molecular complexity index is 610. The molecule has 4 nitrogen and oxygen atoms in total. The smallest absolute Gasteiger partial charge is 0.340 e. The van der Waals surface area contributed by atoms with Gasteiger partial charge in [-0.1, -0.05) is 31.7 Å². The minimum atomic E-state index is -0.966. The van der Waals surface area contributed by atoms with E-state index in [2.05, 4.69) is 9.97 Å². The molecule has 1 N–H and O–H groups in total. The number of thiophene rings is 1. The number of hydrogen-bond donors (Lipinski definition) is 1. The van der Waals surface area contributed by atoms with E-state index < -0.39 is 5.97 Å². The van der Waals surface area contributed by atoms with Crippen LogP contribution in [0.1, 0.15) is 46.5 Å². The van der Waals surface area contributed by atoms with Crippen molar-refractivity contribution in [2.75, 3.05) is 0 Å². The number of aromatic nitrogens is 2. The SMILES string of the molecule is Cc1nc(C(C)C)nc(SCc2cccs2)c1C(=O)O. The van der Waals surface area contributed by atoms with E-state index in [1.54, 1.807) is 18.3 Å². The van der Waals surface area contributed by atoms with Gasteiger partial charge < -0.3 is 5.11 Å². The molecule has 2 aromatic heterocycles. The Morgan fingerprint density at radius 3 is 2.75 bits per heavy atom. The summed E-state index contributed by atoms with van der Waals surface area (Å²) < 4.78 is 0. The van der Waals surface area contributed by atoms with Gasteiger partial charge >= 0.3 is 5.97 Å². The summed E-state index contributed by atoms with van der Waals surface area (Å²) in [4.78, 5) is 21.3. The fourth-order valence-corrected chi connectivity index (χ4v) is 3.56. The Kier molecular flexibility index (Phi) is 4.77. The van der Waals surface area contributed by atoms with Gasteiger partial charge in [-0.2, -0.15) is 0 Å². The molecular weight excluding hydrogens is 292 g/mol. The van der Waals surface area contributed by atoms with Crippen LogP contribution in [0.5, 0.6) is 0 Å². The number of carboxylic acid groups (broad SMARTS) is 1. The van der Waals surface area contributed by atoms with Crippen LogP contribution in [0.25, 0.3) is 0 Å². The van der Waals surface area contributed by atoms with Crippen LogP contribution in [0.2, 0.25) is 0 Å². The maximum atomic E-state index is 11.4. The molecule has 2 heterocycles. The van der Waals surface area contributed by atoms with Crippen LogP contribution in [0.15, 0.2) is 22.5 Å². The van der Waals surface area contributed by atoms with Crippen molar-refractivity contribution >= 4 is 29.1 Å². The number of carboxylic acids is 1. The van der Waals surface area contributed by atoms with Gasteiger partial charge in [0.1, 0.15) is 16.4 Å². The van der Waals surface area contributed by atoms with Crippen LogP contribution in [-0.2, 0) is 5.75 Å². The normalized spacial score (nSPS) is 11.0. The van der Waals surface area contributed by atoms with Crippen LogP contribution >= 0.6 is 23.1 Å². The summed E-state index contributed by atoms with van der Waals surface area (Å²) >= 11 is 3.12. The highest BCUT2D eigenvalue weighted by atomic mass is 32.2. The van der Waals surface area contributed by atoms with Gasteiger partial charge in [0.05, 0.1) is 5.69 Å². The largest absolute Gasteiger partial charge is 0.478 e. The van der Waals surface area contributed by atoms with E-state index in [1.165, 1.54) is 16.6 Å². The lowest BCUT2D eigenvalue weighted by Crippen LogP contribution is -2.10. The van der Waals surface area contributed by atoms with E-state index in [1.807, 2.05) is 31.4 Å². The number of carbonyl (C=O) groups is 1. The van der Waals surface area contributed by atoms with Crippen LogP contribution in [0.3, 0.4) is 0 Å². The van der Waals surface area contributed by atoms with E-state index in [0.717, 1.165) is 5.75 Å². The van der Waals surface area contributed by atoms with Crippen molar-refractivity contribution in [3.63, 3.8) is 0 Å². The second-order valence-corrected chi connectivity index (χ2v) is 6.67. The number of rotatable bonds is 5. The fraction of sp³-hybridized carbons (Fsp3) is 0.357. The zero-order valence-electron chi connectivity index (χ0n) is 11.6. The summed E-state index contributed by atoms with van der Waals surface area (Å²) in [6, 6.07) is 4.03. The van der Waals surface area contributed by atoms with E-state index in [4.69, 9.17) is 0 Å². The fourth-order valence-electron chi connectivity index (χ4n) is 1.71. The molecule has 2 aromatic rings. The van der Waals surface area contributed by atoms with Gasteiger partial charge in [-0.15, -0.1) is 11.3 Å². The standard InChI is InChI=1S/C14H16N2O2S2/c1-8(2)12-15-9(3)11(14(17)18)13(16-12)20-7-10-5-4-6-19-10/h4-6,8H,7H2,1-3H3,(H,17,18). The summed E-state index contributed by atoms with van der Waals surface area (Å²) in [6.07, 6.45) is 0. The van der Waals surface area contributed by atoms with Crippen molar-refractivity contribution in [3.05, 3.63) is 39.5 Å². The Morgan fingerprint density at radius 2 is 2.20 bits per heavy atom. The number of hydrogen-bond acceptors (Lipinski definition) is 5. The third kappa shape index (κ3) is 3.37. The Balaban J connectivity index is 2.34. The molecule has 0 atom stereocenters. The number of aromatic carboxylic acids is 1. The van der Waals surface area contributed by atoms with Crippen LogP contribution in [-0.4, -0.2) is 21.0 Å². The summed E-state index contributed by atoms with van der Waals surface area (Å²) in [6.45, 7) is 5.73. The highest BCUT2D eigenvalue weighted by Gasteiger charge is 2.19. The third-order valence-electron chi connectivity index (χ3n) is 2.74. The molecule has 0 aliphatic carbocycles. The quantitative estimate of drug-likeness (QED) is 0.669. The second-order valence-electron chi connectivity index (χ2n) is 4.68. The lowest BCUT2D eigenvalue weighted by Gasteiger charge is -2.11. The molecular formula is C14H16N2O2S2. The van der Waals surface area contributed by atoms with Crippen LogP contribution in [0.4, 0.5) is 0 Å². The second kappa shape index (κ2) is 6.37. The molecule has 0 bridgehead atoms. The van der Waals surface area contributed by atoms with Gasteiger partial charge in [-0.25, -0.2) is 14.8 Å². The van der Waals surface area contributed by atoms with Crippen molar-refractivity contribution in [2.45, 2.75) is 37.5 Å². The number of thioether (sulfide) groups is 1. The molecule has 0 saturated heterocycles. The highest BCUT2D eigenvalue weighted by molar-refractivity contribution is 7.98. The Hall–Kier alpha value is -1.40. The van der Waals surface area contributed by atoms with Gasteiger partial charge in [0, 0.05) is 16.5 Å². The Labute approximate surface area is 126 Å². The van der Waals surface area contributed by atoms with Crippen molar-refractivity contribution in [1.29, 1.82) is 0 Å². The first-order valence-electron chi connectivity index (χ1n) is 6.26. The first-order chi connectivity index (χ1) is 9.49. The first-order valence-corrected chi connectivity index (χ1v) is 8.12. The zero-order valence-corrected chi connectivity index (χ0v) is 13.2. The summed E-state index contributed by atoms with van der Waals surface area (Å²) in [5, 5.41) is 11.9. The number of nitrogens with zero attached hydrogens (tertiary/aromatic N) is 2. The molecule has 0 aromatic carbocycles. The van der Waals surface area contributed by atoms with Crippen molar-refractivity contribution in [2.24, 2.45) is 0 Å². The highest BCUT2D eigenvalue weighted by Crippen LogP contribution is 2.28. The van der Waals surface area contributed by atoms with Gasteiger partial charge in [-0.3, -0.25) is 0 Å². The maximum absolute atomic E-state index is 11.4. The van der Waals surface area contributed by atoms with E-state index >= 15 is 0 Å². The lowest BCUT2D eigenvalue weighted by atomic mass is 10.2. The van der Waals surface area contributed by atoms with E-state index in [9.17, 15) is 9.90 Å². The topological polar surface area (TPSA) is 63.1 Å². The average Bonchev–Trinajstić information content (AvgIpc) is 2.88. The number of aryl methyl sites for hydroxylation is 1. The summed E-state index contributed by atoms with van der Waals surface area (Å²) in [5.74, 6) is 0.636. The molecule has 106 valence electrons. The summed E-state index contributed by atoms with van der Waals surface area (Å²) in [5.41, 5.74) is 0.751. The molecule has 0 unspecified atom stereocenters. The molecule has 0 saturated carbocycles. The van der Waals surface area contributed by atoms with Crippen molar-refractivity contribution in [1.82, 2.24) is 9.97 Å². The van der Waals surface area contributed by atoms with Crippen LogP contribution < -0.4 is 0 Å². The minimum Gasteiger partial charge on any atom is -0.478 e. The molecule has 0 amide bonds. The van der Waals surface area contributed by atoms with Gasteiger partial charge in [0.15, 0.2) is 0 Å². The van der Waals surface area contributed by atoms with Gasteiger partial charge in [-0.05, 0) is 18.4 Å². The minimum absolute atomic E-state index is 0.178. The molecule has 6 heteroatoms. The summed E-state index contributed by atoms with van der Waals surface area (Å²) in [7, 11) is 0. The molecule has 0 fully saturated rings. The van der Waals surface area contributed by atoms with Crippen molar-refractivity contribution < 1.29 is 9.90 Å². The molecule has 2 rings (SSSR count). The molecule has 0 aliphatic heterocycles. The average molecular weight is 308 g/mol. The van der Waals surface area contributed by atoms with Crippen molar-refractivity contribution in [3.8, 4) is 0 Å². The van der Waals surface area contributed by atoms with Crippen LogP contribution in [0, 0.1) is 6.92 Å². The van der Waals surface area contributed by atoms with E-state index in [-0.39, 0.29) is 11.5 Å². The zero-order chi connectivity index (χ0) is 14.7. The monoisotopic (exact) mass is 308 g/mol. The molecule has 20 heavy (non-hydrogen) atoms.